The number of hydrogen-bond donors (Lipinski definition) is 5. The minimum atomic E-state index is -0.0516. The van der Waals surface area contributed by atoms with Crippen molar-refractivity contribution in [2.45, 2.75) is 58.4 Å². The van der Waals surface area contributed by atoms with E-state index >= 15 is 0 Å². The summed E-state index contributed by atoms with van der Waals surface area (Å²) in [5, 5.41) is 12.8. The van der Waals surface area contributed by atoms with E-state index < -0.39 is 0 Å². The van der Waals surface area contributed by atoms with Gasteiger partial charge in [-0.05, 0) is 50.3 Å². The highest BCUT2D eigenvalue weighted by molar-refractivity contribution is 5.78. The second kappa shape index (κ2) is 16.7. The lowest BCUT2D eigenvalue weighted by atomic mass is 9.89. The van der Waals surface area contributed by atoms with Crippen molar-refractivity contribution in [3.8, 4) is 0 Å². The molecule has 0 aliphatic heterocycles. The molecule has 38 heavy (non-hydrogen) atoms. The Morgan fingerprint density at radius 1 is 0.947 bits per heavy atom. The zero-order valence-electron chi connectivity index (χ0n) is 22.8. The van der Waals surface area contributed by atoms with Crippen LogP contribution in [0, 0.1) is 5.92 Å². The predicted molar refractivity (Wildman–Crippen MR) is 151 cm³/mol. The molecule has 0 unspecified atom stereocenters. The molecule has 0 atom stereocenters. The van der Waals surface area contributed by atoms with Gasteiger partial charge in [-0.2, -0.15) is 15.0 Å². The third-order valence-electron chi connectivity index (χ3n) is 6.10. The van der Waals surface area contributed by atoms with Crippen LogP contribution in [0.5, 0.6) is 0 Å². The first-order valence-electron chi connectivity index (χ1n) is 13.8. The molecule has 1 saturated carbocycles. The average molecular weight is 529 g/mol. The van der Waals surface area contributed by atoms with Crippen molar-refractivity contribution in [2.75, 3.05) is 62.0 Å². The second-order valence-electron chi connectivity index (χ2n) is 9.85. The zero-order chi connectivity index (χ0) is 27.0. The quantitative estimate of drug-likeness (QED) is 0.194. The predicted octanol–water partition coefficient (Wildman–Crippen LogP) is 3.08. The fourth-order valence-electron chi connectivity index (χ4n) is 4.21. The minimum Gasteiger partial charge on any atom is -0.378 e. The Morgan fingerprint density at radius 3 is 2.34 bits per heavy atom. The molecule has 0 bridgehead atoms. The van der Waals surface area contributed by atoms with Gasteiger partial charge in [-0.25, -0.2) is 0 Å². The fraction of sp³-hybridized carbons (Fsp3) is 0.630. The molecule has 2 aromatic rings. The van der Waals surface area contributed by atoms with Gasteiger partial charge in [-0.3, -0.25) is 4.79 Å². The number of rotatable bonds is 17. The van der Waals surface area contributed by atoms with E-state index in [0.29, 0.717) is 69.7 Å². The van der Waals surface area contributed by atoms with Crippen LogP contribution < -0.4 is 27.0 Å². The van der Waals surface area contributed by atoms with Crippen molar-refractivity contribution in [2.24, 2.45) is 11.7 Å². The van der Waals surface area contributed by atoms with Crippen LogP contribution in [0.3, 0.4) is 0 Å². The topological polar surface area (TPSA) is 148 Å². The maximum absolute atomic E-state index is 12.2. The number of nitrogens with one attached hydrogen (secondary N) is 4. The summed E-state index contributed by atoms with van der Waals surface area (Å²) in [6.45, 7) is 7.88. The van der Waals surface area contributed by atoms with Crippen LogP contribution in [0.25, 0.3) is 0 Å². The van der Waals surface area contributed by atoms with Gasteiger partial charge in [-0.1, -0.05) is 31.4 Å². The SMILES string of the molecule is CC(C)Nc1nc(NCC2CCCCC2)nc(Nc2ccc(CC(=O)NCCOCCOCCN)cc2)n1. The Kier molecular flexibility index (Phi) is 13.0. The van der Waals surface area contributed by atoms with Crippen LogP contribution in [0.1, 0.15) is 51.5 Å². The molecule has 11 heteroatoms. The van der Waals surface area contributed by atoms with Gasteiger partial charge in [0.2, 0.25) is 23.8 Å². The average Bonchev–Trinajstić information content (AvgIpc) is 2.90. The van der Waals surface area contributed by atoms with Crippen LogP contribution in [0.15, 0.2) is 24.3 Å². The van der Waals surface area contributed by atoms with Crippen LogP contribution in [-0.4, -0.2) is 73.0 Å². The van der Waals surface area contributed by atoms with E-state index in [2.05, 4.69) is 36.2 Å². The van der Waals surface area contributed by atoms with Crippen molar-refractivity contribution in [3.63, 3.8) is 0 Å². The Balaban J connectivity index is 1.47. The first kappa shape index (κ1) is 29.5. The highest BCUT2D eigenvalue weighted by atomic mass is 16.5. The number of carbonyl (C=O) groups excluding carboxylic acids is 1. The molecular weight excluding hydrogens is 484 g/mol. The minimum absolute atomic E-state index is 0.0516. The number of nitrogens with two attached hydrogens (primary N) is 1. The third-order valence-corrected chi connectivity index (χ3v) is 6.10. The van der Waals surface area contributed by atoms with E-state index in [4.69, 9.17) is 15.2 Å². The summed E-state index contributed by atoms with van der Waals surface area (Å²) in [4.78, 5) is 25.9. The Hall–Kier alpha value is -3.02. The van der Waals surface area contributed by atoms with Crippen LogP contribution in [0.2, 0.25) is 0 Å². The molecule has 11 nitrogen and oxygen atoms in total. The number of amides is 1. The number of benzene rings is 1. The van der Waals surface area contributed by atoms with Gasteiger partial charge in [0, 0.05) is 31.4 Å². The number of ether oxygens (including phenoxy) is 2. The summed E-state index contributed by atoms with van der Waals surface area (Å²) in [7, 11) is 0. The molecule has 0 radical (unpaired) electrons. The van der Waals surface area contributed by atoms with E-state index in [1.807, 2.05) is 38.1 Å². The molecule has 3 rings (SSSR count). The number of nitrogens with zero attached hydrogens (tertiary/aromatic N) is 3. The molecule has 1 amide bonds. The normalized spacial score (nSPS) is 13.9. The van der Waals surface area contributed by atoms with Gasteiger partial charge < -0.3 is 36.5 Å². The molecule has 1 fully saturated rings. The molecule has 1 aliphatic carbocycles. The van der Waals surface area contributed by atoms with E-state index in [-0.39, 0.29) is 11.9 Å². The molecule has 6 N–H and O–H groups in total. The molecule has 210 valence electrons. The molecule has 1 heterocycles. The molecule has 1 aromatic heterocycles. The summed E-state index contributed by atoms with van der Waals surface area (Å²) in [5.74, 6) is 2.18. The highest BCUT2D eigenvalue weighted by Crippen LogP contribution is 2.24. The van der Waals surface area contributed by atoms with Crippen LogP contribution in [0.4, 0.5) is 23.5 Å². The van der Waals surface area contributed by atoms with E-state index in [9.17, 15) is 4.79 Å². The standard InChI is InChI=1S/C27H44N8O3/c1-20(2)31-26-33-25(30-19-22-6-4-3-5-7-22)34-27(35-26)32-23-10-8-21(9-11-23)18-24(36)29-13-15-38-17-16-37-14-12-28/h8-11,20,22H,3-7,12-19,28H2,1-2H3,(H,29,36)(H3,30,31,32,33,34,35). The summed E-state index contributed by atoms with van der Waals surface area (Å²) in [5.41, 5.74) is 7.10. The lowest BCUT2D eigenvalue weighted by Gasteiger charge is -2.22. The van der Waals surface area contributed by atoms with E-state index in [1.165, 1.54) is 32.1 Å². The number of hydrogen-bond acceptors (Lipinski definition) is 10. The van der Waals surface area contributed by atoms with Crippen molar-refractivity contribution in [1.29, 1.82) is 0 Å². The number of carbonyl (C=O) groups is 1. The van der Waals surface area contributed by atoms with Crippen LogP contribution in [-0.2, 0) is 20.7 Å². The number of anilines is 4. The van der Waals surface area contributed by atoms with E-state index in [1.54, 1.807) is 0 Å². The van der Waals surface area contributed by atoms with Gasteiger partial charge >= 0.3 is 0 Å². The summed E-state index contributed by atoms with van der Waals surface area (Å²) in [6.07, 6.45) is 6.74. The van der Waals surface area contributed by atoms with Gasteiger partial charge in [-0.15, -0.1) is 0 Å². The molecular formula is C27H44N8O3. The smallest absolute Gasteiger partial charge is 0.233 e. The van der Waals surface area contributed by atoms with Gasteiger partial charge in [0.1, 0.15) is 0 Å². The maximum atomic E-state index is 12.2. The molecule has 0 spiro atoms. The largest absolute Gasteiger partial charge is 0.378 e. The van der Waals surface area contributed by atoms with Crippen molar-refractivity contribution >= 4 is 29.4 Å². The zero-order valence-corrected chi connectivity index (χ0v) is 22.8. The van der Waals surface area contributed by atoms with Gasteiger partial charge in [0.15, 0.2) is 0 Å². The Bertz CT molecular complexity index is 952. The first-order valence-corrected chi connectivity index (χ1v) is 13.8. The van der Waals surface area contributed by atoms with Crippen molar-refractivity contribution in [1.82, 2.24) is 20.3 Å². The summed E-state index contributed by atoms with van der Waals surface area (Å²) in [6, 6.07) is 7.88. The van der Waals surface area contributed by atoms with Gasteiger partial charge in [0.05, 0.1) is 32.8 Å². The maximum Gasteiger partial charge on any atom is 0.233 e. The van der Waals surface area contributed by atoms with Gasteiger partial charge in [0.25, 0.3) is 0 Å². The summed E-state index contributed by atoms with van der Waals surface area (Å²) < 4.78 is 10.7. The summed E-state index contributed by atoms with van der Waals surface area (Å²) >= 11 is 0. The van der Waals surface area contributed by atoms with Crippen molar-refractivity contribution in [3.05, 3.63) is 29.8 Å². The Morgan fingerprint density at radius 2 is 1.63 bits per heavy atom. The lowest BCUT2D eigenvalue weighted by Crippen LogP contribution is -2.29. The van der Waals surface area contributed by atoms with E-state index in [0.717, 1.165) is 17.8 Å². The fourth-order valence-corrected chi connectivity index (χ4v) is 4.21. The first-order chi connectivity index (χ1) is 18.5. The Labute approximate surface area is 226 Å². The molecule has 1 aromatic carbocycles. The van der Waals surface area contributed by atoms with Crippen molar-refractivity contribution < 1.29 is 14.3 Å². The molecule has 1 aliphatic rings. The monoisotopic (exact) mass is 528 g/mol. The number of aromatic nitrogens is 3. The molecule has 0 saturated heterocycles. The highest BCUT2D eigenvalue weighted by Gasteiger charge is 2.15. The second-order valence-corrected chi connectivity index (χ2v) is 9.85. The third kappa shape index (κ3) is 11.6. The van der Waals surface area contributed by atoms with Crippen LogP contribution >= 0.6 is 0 Å². The lowest BCUT2D eigenvalue weighted by molar-refractivity contribution is -0.120.